The number of halogens is 1. The van der Waals surface area contributed by atoms with Gasteiger partial charge in [0.25, 0.3) is 0 Å². The topological polar surface area (TPSA) is 116 Å². The van der Waals surface area contributed by atoms with Gasteiger partial charge in [-0.1, -0.05) is 23.7 Å². The highest BCUT2D eigenvalue weighted by molar-refractivity contribution is 7.15. The standard InChI is InChI=1S/C22H22ClNO6S/c23-13-4-3-11(20-18(26)17(25)19(27)21(30-20)22(28)5-6-22)8-12(13)9-16-24-10-15(31-16)14-2-1-7-29-14/h1-4,7-8,10,17-21,25-28H,5-6,9H2/t17-,18-,19+,20+,21+/m1/s1. The minimum absolute atomic E-state index is 0.472. The molecule has 0 radical (unpaired) electrons. The van der Waals surface area contributed by atoms with Crippen LogP contribution in [-0.2, 0) is 11.2 Å². The Kier molecular flexibility index (Phi) is 5.42. The zero-order valence-corrected chi connectivity index (χ0v) is 18.0. The highest BCUT2D eigenvalue weighted by Crippen LogP contribution is 2.47. The van der Waals surface area contributed by atoms with Gasteiger partial charge in [-0.25, -0.2) is 4.98 Å². The number of benzene rings is 1. The molecule has 0 amide bonds. The largest absolute Gasteiger partial charge is 0.463 e. The Morgan fingerprint density at radius 2 is 1.94 bits per heavy atom. The van der Waals surface area contributed by atoms with E-state index in [4.69, 9.17) is 20.8 Å². The molecule has 2 aliphatic rings. The summed E-state index contributed by atoms with van der Waals surface area (Å²) in [7, 11) is 0. The van der Waals surface area contributed by atoms with Crippen LogP contribution in [0.15, 0.2) is 47.2 Å². The van der Waals surface area contributed by atoms with Crippen molar-refractivity contribution >= 4 is 22.9 Å². The van der Waals surface area contributed by atoms with Crippen LogP contribution in [0.4, 0.5) is 0 Å². The molecule has 164 valence electrons. The van der Waals surface area contributed by atoms with E-state index in [0.717, 1.165) is 21.2 Å². The monoisotopic (exact) mass is 463 g/mol. The third kappa shape index (κ3) is 3.93. The van der Waals surface area contributed by atoms with Crippen molar-refractivity contribution in [3.8, 4) is 10.6 Å². The number of furan rings is 1. The Bertz CT molecular complexity index is 1070. The molecule has 1 aromatic carbocycles. The van der Waals surface area contributed by atoms with Crippen LogP contribution >= 0.6 is 22.9 Å². The first-order valence-electron chi connectivity index (χ1n) is 10.0. The van der Waals surface area contributed by atoms with Crippen LogP contribution in [-0.4, -0.2) is 55.4 Å². The second-order valence-corrected chi connectivity index (χ2v) is 9.70. The fourth-order valence-electron chi connectivity index (χ4n) is 4.01. The molecule has 1 saturated heterocycles. The molecule has 9 heteroatoms. The molecule has 0 unspecified atom stereocenters. The van der Waals surface area contributed by atoms with Crippen molar-refractivity contribution in [2.45, 2.75) is 55.4 Å². The van der Waals surface area contributed by atoms with E-state index in [1.54, 1.807) is 24.6 Å². The number of thiazole rings is 1. The first-order valence-corrected chi connectivity index (χ1v) is 11.2. The van der Waals surface area contributed by atoms with Gasteiger partial charge in [0, 0.05) is 17.6 Å². The Hall–Kier alpha value is -1.78. The molecule has 5 rings (SSSR count). The third-order valence-electron chi connectivity index (χ3n) is 5.96. The predicted octanol–water partition coefficient (Wildman–Crippen LogP) is 2.69. The van der Waals surface area contributed by atoms with Crippen molar-refractivity contribution in [3.63, 3.8) is 0 Å². The number of rotatable bonds is 5. The minimum atomic E-state index is -1.43. The smallest absolute Gasteiger partial charge is 0.145 e. The number of aliphatic hydroxyl groups excluding tert-OH is 3. The van der Waals surface area contributed by atoms with Gasteiger partial charge >= 0.3 is 0 Å². The van der Waals surface area contributed by atoms with Gasteiger partial charge in [0.05, 0.1) is 21.7 Å². The van der Waals surface area contributed by atoms with Crippen molar-refractivity contribution < 1.29 is 29.6 Å². The maximum Gasteiger partial charge on any atom is 0.145 e. The van der Waals surface area contributed by atoms with Gasteiger partial charge in [-0.2, -0.15) is 0 Å². The second-order valence-electron chi connectivity index (χ2n) is 8.18. The van der Waals surface area contributed by atoms with Crippen molar-refractivity contribution in [1.82, 2.24) is 4.98 Å². The normalized spacial score (nSPS) is 29.8. The fraction of sp³-hybridized carbons (Fsp3) is 0.409. The number of aliphatic hydroxyl groups is 4. The number of nitrogens with zero attached hydrogens (tertiary/aromatic N) is 1. The molecule has 1 aliphatic carbocycles. The van der Waals surface area contributed by atoms with Gasteiger partial charge in [0.2, 0.25) is 0 Å². The lowest BCUT2D eigenvalue weighted by Crippen LogP contribution is -2.58. The molecule has 1 saturated carbocycles. The summed E-state index contributed by atoms with van der Waals surface area (Å²) < 4.78 is 11.3. The Morgan fingerprint density at radius 3 is 2.65 bits per heavy atom. The van der Waals surface area contributed by atoms with E-state index in [1.165, 1.54) is 11.3 Å². The van der Waals surface area contributed by atoms with Crippen LogP contribution in [0, 0.1) is 0 Å². The molecule has 0 bridgehead atoms. The van der Waals surface area contributed by atoms with E-state index in [-0.39, 0.29) is 0 Å². The Balaban J connectivity index is 1.40. The highest BCUT2D eigenvalue weighted by atomic mass is 35.5. The lowest BCUT2D eigenvalue weighted by molar-refractivity contribution is -0.250. The lowest BCUT2D eigenvalue weighted by atomic mass is 9.88. The summed E-state index contributed by atoms with van der Waals surface area (Å²) in [4.78, 5) is 5.37. The lowest BCUT2D eigenvalue weighted by Gasteiger charge is -2.43. The van der Waals surface area contributed by atoms with E-state index >= 15 is 0 Å². The third-order valence-corrected chi connectivity index (χ3v) is 7.34. The van der Waals surface area contributed by atoms with E-state index < -0.39 is 36.1 Å². The SMILES string of the molecule is O[C@@H]1[C@@H](O)[C@H](c2ccc(Cl)c(Cc3ncc(-c4ccco4)s3)c2)O[C@H](C2(O)CC2)[C@H]1O. The Morgan fingerprint density at radius 1 is 1.13 bits per heavy atom. The van der Waals surface area contributed by atoms with Gasteiger partial charge in [0.15, 0.2) is 0 Å². The van der Waals surface area contributed by atoms with E-state index in [0.29, 0.717) is 29.8 Å². The summed E-state index contributed by atoms with van der Waals surface area (Å²) in [6.45, 7) is 0. The molecule has 2 aromatic heterocycles. The van der Waals surface area contributed by atoms with Crippen LogP contribution in [0.3, 0.4) is 0 Å². The average Bonchev–Trinajstić information content (AvgIpc) is 3.15. The first-order chi connectivity index (χ1) is 14.9. The zero-order valence-electron chi connectivity index (χ0n) is 16.4. The van der Waals surface area contributed by atoms with Crippen LogP contribution in [0.2, 0.25) is 5.02 Å². The summed E-state index contributed by atoms with van der Waals surface area (Å²) in [6.07, 6.45) is -1.19. The quantitative estimate of drug-likeness (QED) is 0.459. The molecule has 7 nitrogen and oxygen atoms in total. The van der Waals surface area contributed by atoms with Crippen LogP contribution in [0.5, 0.6) is 0 Å². The van der Waals surface area contributed by atoms with Crippen LogP contribution < -0.4 is 0 Å². The van der Waals surface area contributed by atoms with Gasteiger partial charge in [0.1, 0.15) is 36.3 Å². The van der Waals surface area contributed by atoms with Crippen LogP contribution in [0.1, 0.15) is 35.1 Å². The number of hydrogen-bond donors (Lipinski definition) is 4. The zero-order chi connectivity index (χ0) is 21.8. The van der Waals surface area contributed by atoms with Crippen LogP contribution in [0.25, 0.3) is 10.6 Å². The summed E-state index contributed by atoms with van der Waals surface area (Å²) >= 11 is 7.92. The van der Waals surface area contributed by atoms with Gasteiger partial charge in [-0.3, -0.25) is 0 Å². The van der Waals surface area contributed by atoms with E-state index in [2.05, 4.69) is 4.98 Å². The number of aromatic nitrogens is 1. The molecular formula is C22H22ClNO6S. The highest BCUT2D eigenvalue weighted by Gasteiger charge is 2.58. The summed E-state index contributed by atoms with van der Waals surface area (Å²) in [6, 6.07) is 8.93. The summed E-state index contributed by atoms with van der Waals surface area (Å²) in [5.74, 6) is 0.749. The van der Waals surface area contributed by atoms with Gasteiger partial charge < -0.3 is 29.6 Å². The molecule has 5 atom stereocenters. The molecular weight excluding hydrogens is 442 g/mol. The number of hydrogen-bond acceptors (Lipinski definition) is 8. The molecule has 1 aliphatic heterocycles. The second kappa shape index (κ2) is 7.97. The summed E-state index contributed by atoms with van der Waals surface area (Å²) in [5.41, 5.74) is 0.226. The molecule has 3 aromatic rings. The van der Waals surface area contributed by atoms with Crippen molar-refractivity contribution in [3.05, 3.63) is 63.9 Å². The number of ether oxygens (including phenoxy) is 1. The maximum absolute atomic E-state index is 10.6. The minimum Gasteiger partial charge on any atom is -0.463 e. The maximum atomic E-state index is 10.6. The average molecular weight is 464 g/mol. The molecule has 0 spiro atoms. The fourth-order valence-corrected chi connectivity index (χ4v) is 5.10. The van der Waals surface area contributed by atoms with Crippen molar-refractivity contribution in [2.24, 2.45) is 0 Å². The molecule has 3 heterocycles. The van der Waals surface area contributed by atoms with Crippen molar-refractivity contribution in [2.75, 3.05) is 0 Å². The molecule has 31 heavy (non-hydrogen) atoms. The van der Waals surface area contributed by atoms with E-state index in [1.807, 2.05) is 18.2 Å². The van der Waals surface area contributed by atoms with Gasteiger partial charge in [-0.05, 0) is 42.2 Å². The van der Waals surface area contributed by atoms with E-state index in [9.17, 15) is 20.4 Å². The summed E-state index contributed by atoms with van der Waals surface area (Å²) in [5, 5.41) is 43.0. The van der Waals surface area contributed by atoms with Gasteiger partial charge in [-0.15, -0.1) is 11.3 Å². The van der Waals surface area contributed by atoms with Crippen molar-refractivity contribution in [1.29, 1.82) is 0 Å². The first kappa shape index (κ1) is 21.1. The molecule has 4 N–H and O–H groups in total. The predicted molar refractivity (Wildman–Crippen MR) is 114 cm³/mol. The molecule has 2 fully saturated rings. The Labute approximate surface area is 187 Å².